The van der Waals surface area contributed by atoms with Crippen molar-refractivity contribution in [2.24, 2.45) is 5.10 Å². The summed E-state index contributed by atoms with van der Waals surface area (Å²) >= 11 is 0. The van der Waals surface area contributed by atoms with Crippen LogP contribution in [0.2, 0.25) is 0 Å². The average Bonchev–Trinajstić information content (AvgIpc) is 2.64. The van der Waals surface area contributed by atoms with Gasteiger partial charge in [0.1, 0.15) is 11.6 Å². The third-order valence-electron chi connectivity index (χ3n) is 3.97. The summed E-state index contributed by atoms with van der Waals surface area (Å²) in [6, 6.07) is 21.3. The van der Waals surface area contributed by atoms with Crippen LogP contribution in [0.15, 0.2) is 70.6 Å². The highest BCUT2D eigenvalue weighted by Gasteiger charge is 2.08. The van der Waals surface area contributed by atoms with Crippen molar-refractivity contribution < 1.29 is 0 Å². The van der Waals surface area contributed by atoms with E-state index < -0.39 is 5.56 Å². The first-order valence-electron chi connectivity index (χ1n) is 8.18. The Morgan fingerprint density at radius 2 is 1.69 bits per heavy atom. The SMILES string of the molecule is Cc1cc(C)n(/N=C\c2ccc(Nc3ccccc3)cc2)c(=O)c1C#N. The van der Waals surface area contributed by atoms with E-state index in [0.29, 0.717) is 11.3 Å². The minimum absolute atomic E-state index is 0.121. The zero-order valence-electron chi connectivity index (χ0n) is 14.6. The fourth-order valence-electron chi connectivity index (χ4n) is 2.63. The molecule has 0 amide bonds. The number of hydrogen-bond donors (Lipinski definition) is 1. The number of para-hydroxylation sites is 1. The molecule has 2 aromatic carbocycles. The maximum absolute atomic E-state index is 12.3. The molecular weight excluding hydrogens is 324 g/mol. The predicted molar refractivity (Wildman–Crippen MR) is 104 cm³/mol. The lowest BCUT2D eigenvalue weighted by atomic mass is 10.1. The average molecular weight is 342 g/mol. The van der Waals surface area contributed by atoms with Crippen LogP contribution >= 0.6 is 0 Å². The largest absolute Gasteiger partial charge is 0.356 e. The number of nitrogens with one attached hydrogen (secondary N) is 1. The van der Waals surface area contributed by atoms with Crippen LogP contribution in [0.5, 0.6) is 0 Å². The summed E-state index contributed by atoms with van der Waals surface area (Å²) in [5.41, 5.74) is 3.90. The lowest BCUT2D eigenvalue weighted by Gasteiger charge is -2.07. The third-order valence-corrected chi connectivity index (χ3v) is 3.97. The predicted octanol–water partition coefficient (Wildman–Crippen LogP) is 3.96. The molecule has 5 heteroatoms. The number of anilines is 2. The van der Waals surface area contributed by atoms with E-state index in [4.69, 9.17) is 5.26 Å². The molecule has 0 spiro atoms. The summed E-state index contributed by atoms with van der Waals surface area (Å²) in [6.45, 7) is 3.54. The van der Waals surface area contributed by atoms with Gasteiger partial charge in [0.15, 0.2) is 0 Å². The summed E-state index contributed by atoms with van der Waals surface area (Å²) in [6.07, 6.45) is 1.61. The van der Waals surface area contributed by atoms with Crippen LogP contribution in [0.3, 0.4) is 0 Å². The Balaban J connectivity index is 1.82. The van der Waals surface area contributed by atoms with Crippen molar-refractivity contribution in [1.29, 1.82) is 5.26 Å². The van der Waals surface area contributed by atoms with Gasteiger partial charge in [0.05, 0.1) is 6.21 Å². The van der Waals surface area contributed by atoms with Gasteiger partial charge in [-0.25, -0.2) is 4.68 Å². The molecule has 0 radical (unpaired) electrons. The molecule has 0 saturated carbocycles. The zero-order chi connectivity index (χ0) is 18.5. The Morgan fingerprint density at radius 3 is 2.35 bits per heavy atom. The van der Waals surface area contributed by atoms with Crippen LogP contribution in [-0.4, -0.2) is 10.9 Å². The molecule has 128 valence electrons. The van der Waals surface area contributed by atoms with E-state index in [0.717, 1.165) is 16.9 Å². The Morgan fingerprint density at radius 1 is 1.04 bits per heavy atom. The molecule has 26 heavy (non-hydrogen) atoms. The minimum Gasteiger partial charge on any atom is -0.356 e. The van der Waals surface area contributed by atoms with Gasteiger partial charge in [-0.3, -0.25) is 4.79 Å². The van der Waals surface area contributed by atoms with Crippen molar-refractivity contribution in [1.82, 2.24) is 4.68 Å². The first-order chi connectivity index (χ1) is 12.6. The number of rotatable bonds is 4. The molecule has 5 nitrogen and oxygen atoms in total. The van der Waals surface area contributed by atoms with Gasteiger partial charge in [0, 0.05) is 17.1 Å². The molecule has 0 unspecified atom stereocenters. The Hall–Kier alpha value is -3.65. The summed E-state index contributed by atoms with van der Waals surface area (Å²) in [5.74, 6) is 0. The van der Waals surface area contributed by atoms with E-state index in [1.165, 1.54) is 4.68 Å². The standard InChI is InChI=1S/C21H18N4O/c1-15-12-16(2)25(21(26)20(15)13-22)23-14-17-8-10-19(11-9-17)24-18-6-4-3-5-7-18/h3-12,14,24H,1-2H3/b23-14-. The van der Waals surface area contributed by atoms with Gasteiger partial charge in [-0.2, -0.15) is 10.4 Å². The summed E-state index contributed by atoms with van der Waals surface area (Å²) in [7, 11) is 0. The van der Waals surface area contributed by atoms with Crippen molar-refractivity contribution in [3.8, 4) is 6.07 Å². The van der Waals surface area contributed by atoms with E-state index in [1.54, 1.807) is 26.1 Å². The highest BCUT2D eigenvalue weighted by atomic mass is 16.1. The number of aromatic nitrogens is 1. The molecule has 0 aliphatic heterocycles. The highest BCUT2D eigenvalue weighted by Crippen LogP contribution is 2.16. The van der Waals surface area contributed by atoms with Crippen LogP contribution in [0, 0.1) is 25.2 Å². The second-order valence-corrected chi connectivity index (χ2v) is 5.93. The Labute approximate surface area is 151 Å². The van der Waals surface area contributed by atoms with Crippen molar-refractivity contribution in [2.45, 2.75) is 13.8 Å². The van der Waals surface area contributed by atoms with Crippen LogP contribution in [0.1, 0.15) is 22.4 Å². The van der Waals surface area contributed by atoms with Crippen LogP contribution < -0.4 is 10.9 Å². The second-order valence-electron chi connectivity index (χ2n) is 5.93. The monoisotopic (exact) mass is 342 g/mol. The van der Waals surface area contributed by atoms with E-state index in [1.807, 2.05) is 60.7 Å². The zero-order valence-corrected chi connectivity index (χ0v) is 14.6. The first kappa shape index (κ1) is 17.2. The molecule has 1 heterocycles. The molecule has 0 saturated heterocycles. The maximum atomic E-state index is 12.3. The quantitative estimate of drug-likeness (QED) is 0.730. The van der Waals surface area contributed by atoms with Crippen LogP contribution in [0.25, 0.3) is 0 Å². The Bertz CT molecular complexity index is 1040. The Kier molecular flexibility index (Phi) is 4.95. The molecule has 1 N–H and O–H groups in total. The fourth-order valence-corrected chi connectivity index (χ4v) is 2.63. The molecule has 0 aliphatic carbocycles. The molecule has 3 rings (SSSR count). The first-order valence-corrected chi connectivity index (χ1v) is 8.18. The van der Waals surface area contributed by atoms with Gasteiger partial charge in [-0.15, -0.1) is 0 Å². The lowest BCUT2D eigenvalue weighted by Crippen LogP contribution is -2.22. The van der Waals surface area contributed by atoms with E-state index in [9.17, 15) is 4.79 Å². The van der Waals surface area contributed by atoms with Crippen molar-refractivity contribution >= 4 is 17.6 Å². The summed E-state index contributed by atoms with van der Waals surface area (Å²) in [4.78, 5) is 12.3. The highest BCUT2D eigenvalue weighted by molar-refractivity contribution is 5.80. The lowest BCUT2D eigenvalue weighted by molar-refractivity contribution is 0.786. The molecular formula is C21H18N4O. The number of benzene rings is 2. The second kappa shape index (κ2) is 7.49. The fraction of sp³-hybridized carbons (Fsp3) is 0.0952. The summed E-state index contributed by atoms with van der Waals surface area (Å²) in [5, 5.41) is 16.7. The van der Waals surface area contributed by atoms with Crippen molar-refractivity contribution in [3.63, 3.8) is 0 Å². The van der Waals surface area contributed by atoms with E-state index in [2.05, 4.69) is 10.4 Å². The number of nitriles is 1. The van der Waals surface area contributed by atoms with E-state index >= 15 is 0 Å². The van der Waals surface area contributed by atoms with Gasteiger partial charge in [0.25, 0.3) is 5.56 Å². The van der Waals surface area contributed by atoms with E-state index in [-0.39, 0.29) is 5.56 Å². The molecule has 3 aromatic rings. The molecule has 0 bridgehead atoms. The topological polar surface area (TPSA) is 70.2 Å². The molecule has 1 aromatic heterocycles. The van der Waals surface area contributed by atoms with Gasteiger partial charge >= 0.3 is 0 Å². The van der Waals surface area contributed by atoms with Crippen molar-refractivity contribution in [3.05, 3.63) is 93.4 Å². The van der Waals surface area contributed by atoms with Crippen LogP contribution in [0.4, 0.5) is 11.4 Å². The smallest absolute Gasteiger partial charge is 0.289 e. The van der Waals surface area contributed by atoms with Gasteiger partial charge in [-0.05, 0) is 55.3 Å². The number of aryl methyl sites for hydroxylation is 2. The summed E-state index contributed by atoms with van der Waals surface area (Å²) < 4.78 is 1.25. The molecule has 0 aliphatic rings. The molecule has 0 atom stereocenters. The number of hydrogen-bond acceptors (Lipinski definition) is 4. The van der Waals surface area contributed by atoms with Crippen molar-refractivity contribution in [2.75, 3.05) is 5.32 Å². The van der Waals surface area contributed by atoms with Gasteiger partial charge in [-0.1, -0.05) is 30.3 Å². The van der Waals surface area contributed by atoms with Crippen LogP contribution in [-0.2, 0) is 0 Å². The number of pyridine rings is 1. The van der Waals surface area contributed by atoms with Gasteiger partial charge < -0.3 is 5.32 Å². The molecule has 0 fully saturated rings. The maximum Gasteiger partial charge on any atom is 0.289 e. The number of nitrogens with zero attached hydrogens (tertiary/aromatic N) is 3. The third kappa shape index (κ3) is 3.70. The van der Waals surface area contributed by atoms with Gasteiger partial charge in [0.2, 0.25) is 0 Å². The minimum atomic E-state index is -0.399. The normalized spacial score (nSPS) is 10.7.